The summed E-state index contributed by atoms with van der Waals surface area (Å²) in [6.07, 6.45) is 2.63. The zero-order chi connectivity index (χ0) is 13.9. The van der Waals surface area contributed by atoms with E-state index < -0.39 is 0 Å². The SMILES string of the molecule is CCC(N)(CC)CNC(=O)c1cc2c(s1)CCOC2. The second-order valence-corrected chi connectivity index (χ2v) is 6.25. The van der Waals surface area contributed by atoms with Crippen LogP contribution in [-0.4, -0.2) is 24.6 Å². The van der Waals surface area contributed by atoms with Crippen LogP contribution in [0, 0.1) is 0 Å². The van der Waals surface area contributed by atoms with Crippen LogP contribution in [0.2, 0.25) is 0 Å². The summed E-state index contributed by atoms with van der Waals surface area (Å²) in [7, 11) is 0. The maximum absolute atomic E-state index is 12.1. The summed E-state index contributed by atoms with van der Waals surface area (Å²) >= 11 is 1.58. The van der Waals surface area contributed by atoms with Crippen LogP contribution in [0.3, 0.4) is 0 Å². The van der Waals surface area contributed by atoms with E-state index in [0.717, 1.165) is 36.3 Å². The second-order valence-electron chi connectivity index (χ2n) is 5.11. The lowest BCUT2D eigenvalue weighted by atomic mass is 9.94. The Hall–Kier alpha value is -0.910. The fraction of sp³-hybridized carbons (Fsp3) is 0.643. The first-order chi connectivity index (χ1) is 9.08. The maximum atomic E-state index is 12.1. The number of amides is 1. The summed E-state index contributed by atoms with van der Waals surface area (Å²) in [5, 5.41) is 2.96. The molecule has 0 aliphatic carbocycles. The van der Waals surface area contributed by atoms with Crippen LogP contribution >= 0.6 is 11.3 Å². The molecule has 1 amide bonds. The van der Waals surface area contributed by atoms with Crippen LogP contribution in [0.15, 0.2) is 6.07 Å². The van der Waals surface area contributed by atoms with E-state index in [1.165, 1.54) is 4.88 Å². The molecule has 5 heteroatoms. The Morgan fingerprint density at radius 2 is 2.26 bits per heavy atom. The van der Waals surface area contributed by atoms with E-state index in [4.69, 9.17) is 10.5 Å². The van der Waals surface area contributed by atoms with Crippen LogP contribution in [-0.2, 0) is 17.8 Å². The fourth-order valence-corrected chi connectivity index (χ4v) is 3.17. The molecule has 0 spiro atoms. The van der Waals surface area contributed by atoms with Gasteiger partial charge in [0.15, 0.2) is 0 Å². The van der Waals surface area contributed by atoms with Gasteiger partial charge in [-0.25, -0.2) is 0 Å². The largest absolute Gasteiger partial charge is 0.376 e. The third kappa shape index (κ3) is 3.35. The number of carbonyl (C=O) groups excluding carboxylic acids is 1. The maximum Gasteiger partial charge on any atom is 0.261 e. The van der Waals surface area contributed by atoms with Gasteiger partial charge in [0.2, 0.25) is 0 Å². The number of carbonyl (C=O) groups is 1. The van der Waals surface area contributed by atoms with Gasteiger partial charge in [0.25, 0.3) is 5.91 Å². The first-order valence-electron chi connectivity index (χ1n) is 6.84. The van der Waals surface area contributed by atoms with Crippen molar-refractivity contribution in [2.75, 3.05) is 13.2 Å². The number of thiophene rings is 1. The standard InChI is InChI=1S/C14H22N2O2S/c1-3-14(15,4-2)9-16-13(17)12-7-10-8-18-6-5-11(10)19-12/h7H,3-6,8-9,15H2,1-2H3,(H,16,17). The Labute approximate surface area is 118 Å². The summed E-state index contributed by atoms with van der Waals surface area (Å²) < 4.78 is 5.39. The molecule has 0 bridgehead atoms. The zero-order valence-electron chi connectivity index (χ0n) is 11.6. The van der Waals surface area contributed by atoms with E-state index in [2.05, 4.69) is 19.2 Å². The number of ether oxygens (including phenoxy) is 1. The average molecular weight is 282 g/mol. The highest BCUT2D eigenvalue weighted by Crippen LogP contribution is 2.26. The van der Waals surface area contributed by atoms with Gasteiger partial charge in [0.1, 0.15) is 0 Å². The van der Waals surface area contributed by atoms with Crippen LogP contribution < -0.4 is 11.1 Å². The lowest BCUT2D eigenvalue weighted by Gasteiger charge is -2.26. The summed E-state index contributed by atoms with van der Waals surface area (Å²) in [6, 6.07) is 1.95. The molecule has 0 saturated carbocycles. The molecule has 1 aromatic rings. The first kappa shape index (κ1) is 14.5. The summed E-state index contributed by atoms with van der Waals surface area (Å²) in [5.41, 5.74) is 7.05. The van der Waals surface area contributed by atoms with E-state index in [1.54, 1.807) is 11.3 Å². The molecule has 4 nitrogen and oxygen atoms in total. The van der Waals surface area contributed by atoms with Crippen molar-refractivity contribution in [2.45, 2.75) is 45.3 Å². The Morgan fingerprint density at radius 1 is 1.53 bits per heavy atom. The predicted octanol–water partition coefficient (Wildman–Crippen LogP) is 2.07. The van der Waals surface area contributed by atoms with Crippen molar-refractivity contribution in [1.82, 2.24) is 5.32 Å². The van der Waals surface area contributed by atoms with Gasteiger partial charge in [-0.05, 0) is 24.5 Å². The normalized spacial score (nSPS) is 15.1. The molecule has 0 atom stereocenters. The van der Waals surface area contributed by atoms with Gasteiger partial charge >= 0.3 is 0 Å². The van der Waals surface area contributed by atoms with Gasteiger partial charge in [-0.2, -0.15) is 0 Å². The molecule has 106 valence electrons. The average Bonchev–Trinajstić information content (AvgIpc) is 2.88. The van der Waals surface area contributed by atoms with Crippen molar-refractivity contribution in [3.05, 3.63) is 21.4 Å². The molecular weight excluding hydrogens is 260 g/mol. The summed E-state index contributed by atoms with van der Waals surface area (Å²) in [4.78, 5) is 14.2. The quantitative estimate of drug-likeness (QED) is 0.869. The van der Waals surface area contributed by atoms with E-state index >= 15 is 0 Å². The molecule has 0 aromatic carbocycles. The van der Waals surface area contributed by atoms with Crippen molar-refractivity contribution in [3.63, 3.8) is 0 Å². The van der Waals surface area contributed by atoms with Crippen LogP contribution in [0.5, 0.6) is 0 Å². The number of nitrogens with one attached hydrogen (secondary N) is 1. The summed E-state index contributed by atoms with van der Waals surface area (Å²) in [6.45, 7) is 6.02. The third-order valence-electron chi connectivity index (χ3n) is 3.86. The van der Waals surface area contributed by atoms with Gasteiger partial charge in [-0.3, -0.25) is 4.79 Å². The number of hydrogen-bond donors (Lipinski definition) is 2. The van der Waals surface area contributed by atoms with Crippen molar-refractivity contribution in [2.24, 2.45) is 5.73 Å². The number of fused-ring (bicyclic) bond motifs is 1. The Morgan fingerprint density at radius 3 is 2.89 bits per heavy atom. The molecule has 0 fully saturated rings. The molecule has 1 aliphatic heterocycles. The van der Waals surface area contributed by atoms with Crippen LogP contribution in [0.1, 0.15) is 46.8 Å². The van der Waals surface area contributed by atoms with Crippen molar-refractivity contribution in [3.8, 4) is 0 Å². The third-order valence-corrected chi connectivity index (χ3v) is 5.10. The van der Waals surface area contributed by atoms with Gasteiger partial charge in [0.05, 0.1) is 18.1 Å². The number of nitrogens with two attached hydrogens (primary N) is 1. The van der Waals surface area contributed by atoms with Gasteiger partial charge in [-0.15, -0.1) is 11.3 Å². The first-order valence-corrected chi connectivity index (χ1v) is 7.66. The molecule has 2 rings (SSSR count). The van der Waals surface area contributed by atoms with E-state index in [-0.39, 0.29) is 11.4 Å². The minimum Gasteiger partial charge on any atom is -0.376 e. The smallest absolute Gasteiger partial charge is 0.261 e. The van der Waals surface area contributed by atoms with Gasteiger partial charge in [0, 0.05) is 23.4 Å². The molecule has 0 saturated heterocycles. The molecular formula is C14H22N2O2S. The molecule has 1 aliphatic rings. The monoisotopic (exact) mass is 282 g/mol. The van der Waals surface area contributed by atoms with Crippen LogP contribution in [0.4, 0.5) is 0 Å². The Kier molecular flexibility index (Phi) is 4.60. The topological polar surface area (TPSA) is 64.3 Å². The number of hydrogen-bond acceptors (Lipinski definition) is 4. The van der Waals surface area contributed by atoms with E-state index in [9.17, 15) is 4.79 Å². The highest BCUT2D eigenvalue weighted by atomic mass is 32.1. The highest BCUT2D eigenvalue weighted by Gasteiger charge is 2.23. The zero-order valence-corrected chi connectivity index (χ0v) is 12.4. The van der Waals surface area contributed by atoms with Crippen LogP contribution in [0.25, 0.3) is 0 Å². The molecule has 0 unspecified atom stereocenters. The molecule has 2 heterocycles. The predicted molar refractivity (Wildman–Crippen MR) is 77.5 cm³/mol. The Bertz CT molecular complexity index is 429. The molecule has 0 radical (unpaired) electrons. The van der Waals surface area contributed by atoms with E-state index in [0.29, 0.717) is 13.2 Å². The van der Waals surface area contributed by atoms with Gasteiger partial charge < -0.3 is 15.8 Å². The molecule has 19 heavy (non-hydrogen) atoms. The summed E-state index contributed by atoms with van der Waals surface area (Å²) in [5.74, 6) is -0.0175. The minimum atomic E-state index is -0.296. The Balaban J connectivity index is 1.98. The lowest BCUT2D eigenvalue weighted by molar-refractivity contribution is 0.0945. The molecule has 1 aromatic heterocycles. The minimum absolute atomic E-state index is 0.0175. The second kappa shape index (κ2) is 6.03. The highest BCUT2D eigenvalue weighted by molar-refractivity contribution is 7.14. The van der Waals surface area contributed by atoms with Crippen molar-refractivity contribution in [1.29, 1.82) is 0 Å². The van der Waals surface area contributed by atoms with E-state index in [1.807, 2.05) is 6.07 Å². The van der Waals surface area contributed by atoms with Crippen molar-refractivity contribution < 1.29 is 9.53 Å². The number of rotatable bonds is 5. The molecule has 3 N–H and O–H groups in total. The fourth-order valence-electron chi connectivity index (χ4n) is 2.10. The van der Waals surface area contributed by atoms with Gasteiger partial charge in [-0.1, -0.05) is 13.8 Å². The van der Waals surface area contributed by atoms with Crippen molar-refractivity contribution >= 4 is 17.2 Å². The lowest BCUT2D eigenvalue weighted by Crippen LogP contribution is -2.49.